The lowest BCUT2D eigenvalue weighted by atomic mass is 10.1. The second-order valence-electron chi connectivity index (χ2n) is 6.37. The monoisotopic (exact) mass is 344 g/mol. The highest BCUT2D eigenvalue weighted by Crippen LogP contribution is 2.21. The van der Waals surface area contributed by atoms with Crippen LogP contribution >= 0.6 is 11.3 Å². The Morgan fingerprint density at radius 2 is 1.33 bits per heavy atom. The van der Waals surface area contributed by atoms with E-state index in [-0.39, 0.29) is 0 Å². The van der Waals surface area contributed by atoms with Crippen molar-refractivity contribution in [3.8, 4) is 0 Å². The molecule has 0 fully saturated rings. The van der Waals surface area contributed by atoms with Gasteiger partial charge in [0.1, 0.15) is 0 Å². The number of aryl methyl sites for hydroxylation is 3. The van der Waals surface area contributed by atoms with Crippen molar-refractivity contribution in [1.29, 1.82) is 0 Å². The summed E-state index contributed by atoms with van der Waals surface area (Å²) in [7, 11) is 0. The molecule has 1 heterocycles. The molecule has 1 aromatic heterocycles. The van der Waals surface area contributed by atoms with Gasteiger partial charge in [-0.15, -0.1) is 11.3 Å². The van der Waals surface area contributed by atoms with Crippen LogP contribution in [0.25, 0.3) is 0 Å². The van der Waals surface area contributed by atoms with E-state index in [1.165, 1.54) is 47.4 Å². The minimum atomic E-state index is -0.680. The molecule has 3 heteroatoms. The van der Waals surface area contributed by atoms with Crippen molar-refractivity contribution in [3.05, 3.63) is 57.8 Å². The van der Waals surface area contributed by atoms with Gasteiger partial charge in [0.05, 0.1) is 0 Å². The van der Waals surface area contributed by atoms with Crippen LogP contribution in [0, 0.1) is 0 Å². The molecule has 0 aliphatic heterocycles. The average molecular weight is 345 g/mol. The van der Waals surface area contributed by atoms with Gasteiger partial charge >= 0.3 is 5.97 Å². The van der Waals surface area contributed by atoms with Crippen LogP contribution in [0.2, 0.25) is 0 Å². The van der Waals surface area contributed by atoms with Crippen LogP contribution < -0.4 is 0 Å². The van der Waals surface area contributed by atoms with Crippen LogP contribution in [-0.4, -0.2) is 11.1 Å². The second kappa shape index (κ2) is 11.0. The molecule has 0 aliphatic carbocycles. The zero-order valence-electron chi connectivity index (χ0n) is 14.4. The summed E-state index contributed by atoms with van der Waals surface area (Å²) in [5.74, 6) is -0.680. The Morgan fingerprint density at radius 3 is 1.96 bits per heavy atom. The first-order valence-electron chi connectivity index (χ1n) is 9.07. The molecule has 0 saturated heterocycles. The van der Waals surface area contributed by atoms with Gasteiger partial charge in [0.2, 0.25) is 0 Å². The van der Waals surface area contributed by atoms with Crippen LogP contribution in [0.5, 0.6) is 0 Å². The fourth-order valence-corrected chi connectivity index (χ4v) is 3.99. The van der Waals surface area contributed by atoms with Gasteiger partial charge in [0, 0.05) is 16.2 Å². The number of hydrogen-bond donors (Lipinski definition) is 1. The van der Waals surface area contributed by atoms with Crippen LogP contribution in [-0.2, 0) is 24.1 Å². The molecule has 1 aromatic carbocycles. The van der Waals surface area contributed by atoms with Gasteiger partial charge < -0.3 is 5.11 Å². The third-order valence-electron chi connectivity index (χ3n) is 4.26. The lowest BCUT2D eigenvalue weighted by Crippen LogP contribution is -1.93. The summed E-state index contributed by atoms with van der Waals surface area (Å²) < 4.78 is 0. The van der Waals surface area contributed by atoms with Gasteiger partial charge in [-0.3, -0.25) is 4.79 Å². The molecule has 0 bridgehead atoms. The molecule has 0 atom stereocenters. The summed E-state index contributed by atoms with van der Waals surface area (Å²) >= 11 is 1.94. The van der Waals surface area contributed by atoms with E-state index in [1.54, 1.807) is 0 Å². The van der Waals surface area contributed by atoms with Crippen molar-refractivity contribution in [3.63, 3.8) is 0 Å². The van der Waals surface area contributed by atoms with Crippen LogP contribution in [0.1, 0.15) is 60.3 Å². The number of rotatable bonds is 12. The highest BCUT2D eigenvalue weighted by atomic mass is 32.1. The van der Waals surface area contributed by atoms with Crippen LogP contribution in [0.4, 0.5) is 0 Å². The van der Waals surface area contributed by atoms with Gasteiger partial charge in [0.25, 0.3) is 0 Å². The minimum Gasteiger partial charge on any atom is -0.481 e. The first kappa shape index (κ1) is 18.7. The predicted molar refractivity (Wildman–Crippen MR) is 102 cm³/mol. The van der Waals surface area contributed by atoms with Crippen molar-refractivity contribution < 1.29 is 9.90 Å². The molecule has 0 spiro atoms. The first-order valence-corrected chi connectivity index (χ1v) is 9.89. The molecule has 0 saturated carbocycles. The summed E-state index contributed by atoms with van der Waals surface area (Å²) in [6.07, 6.45) is 10.5. The molecule has 24 heavy (non-hydrogen) atoms. The molecule has 130 valence electrons. The third-order valence-corrected chi connectivity index (χ3v) is 5.47. The van der Waals surface area contributed by atoms with Gasteiger partial charge in [0.15, 0.2) is 0 Å². The number of carbonyl (C=O) groups is 1. The molecule has 1 N–H and O–H groups in total. The average Bonchev–Trinajstić information content (AvgIpc) is 3.03. The van der Waals surface area contributed by atoms with Crippen molar-refractivity contribution in [2.75, 3.05) is 0 Å². The Kier molecular flexibility index (Phi) is 8.61. The van der Waals surface area contributed by atoms with Gasteiger partial charge in [-0.05, 0) is 62.6 Å². The topological polar surface area (TPSA) is 37.3 Å². The maximum absolute atomic E-state index is 10.5. The molecular weight excluding hydrogens is 316 g/mol. The standard InChI is InChI=1S/C21H28O2S/c22-21(23)15-9-3-8-14-20-17-16-19(24-20)13-7-2-6-12-18-10-4-1-5-11-18/h1,4-5,10-11,16-17H,2-3,6-9,12-15H2,(H,22,23). The van der Waals surface area contributed by atoms with E-state index in [0.29, 0.717) is 6.42 Å². The Balaban J connectivity index is 1.54. The molecule has 0 unspecified atom stereocenters. The fourth-order valence-electron chi connectivity index (χ4n) is 2.89. The van der Waals surface area contributed by atoms with Crippen molar-refractivity contribution in [2.24, 2.45) is 0 Å². The van der Waals surface area contributed by atoms with Crippen molar-refractivity contribution in [2.45, 2.75) is 64.2 Å². The minimum absolute atomic E-state index is 0.304. The summed E-state index contributed by atoms with van der Waals surface area (Å²) in [6.45, 7) is 0. The predicted octanol–water partition coefficient (Wildman–Crippen LogP) is 5.89. The molecule has 0 amide bonds. The number of hydrogen-bond acceptors (Lipinski definition) is 2. The number of thiophene rings is 1. The number of benzene rings is 1. The number of unbranched alkanes of at least 4 members (excludes halogenated alkanes) is 4. The number of carboxylic acid groups (broad SMARTS) is 1. The third kappa shape index (κ3) is 7.78. The molecule has 0 radical (unpaired) electrons. The molecule has 2 aromatic rings. The Hall–Kier alpha value is -1.61. The summed E-state index contributed by atoms with van der Waals surface area (Å²) in [5, 5.41) is 8.62. The normalized spacial score (nSPS) is 10.8. The maximum atomic E-state index is 10.5. The summed E-state index contributed by atoms with van der Waals surface area (Å²) in [6, 6.07) is 15.2. The Labute approximate surface area is 149 Å². The van der Waals surface area contributed by atoms with Crippen LogP contribution in [0.3, 0.4) is 0 Å². The first-order chi connectivity index (χ1) is 11.7. The summed E-state index contributed by atoms with van der Waals surface area (Å²) in [4.78, 5) is 13.4. The van der Waals surface area contributed by atoms with E-state index in [1.807, 2.05) is 11.3 Å². The smallest absolute Gasteiger partial charge is 0.303 e. The van der Waals surface area contributed by atoms with Crippen molar-refractivity contribution in [1.82, 2.24) is 0 Å². The summed E-state index contributed by atoms with van der Waals surface area (Å²) in [5.41, 5.74) is 1.44. The highest BCUT2D eigenvalue weighted by molar-refractivity contribution is 7.11. The number of aliphatic carboxylic acids is 1. The zero-order valence-corrected chi connectivity index (χ0v) is 15.2. The van der Waals surface area contributed by atoms with Gasteiger partial charge in [-0.1, -0.05) is 43.2 Å². The largest absolute Gasteiger partial charge is 0.481 e. The SMILES string of the molecule is O=C(O)CCCCCc1ccc(CCCCCc2ccccc2)s1. The van der Waals surface area contributed by atoms with Crippen LogP contribution in [0.15, 0.2) is 42.5 Å². The van der Waals surface area contributed by atoms with E-state index < -0.39 is 5.97 Å². The lowest BCUT2D eigenvalue weighted by molar-refractivity contribution is -0.137. The molecular formula is C21H28O2S. The molecule has 0 aliphatic rings. The zero-order chi connectivity index (χ0) is 17.0. The molecule has 2 rings (SSSR count). The van der Waals surface area contributed by atoms with Crippen molar-refractivity contribution >= 4 is 17.3 Å². The number of carboxylic acids is 1. The Bertz CT molecular complexity index is 589. The Morgan fingerprint density at radius 1 is 0.750 bits per heavy atom. The van der Waals surface area contributed by atoms with E-state index in [2.05, 4.69) is 42.5 Å². The van der Waals surface area contributed by atoms with Gasteiger partial charge in [-0.2, -0.15) is 0 Å². The lowest BCUT2D eigenvalue weighted by Gasteiger charge is -2.01. The van der Waals surface area contributed by atoms with Gasteiger partial charge in [-0.25, -0.2) is 0 Å². The second-order valence-corrected chi connectivity index (χ2v) is 7.62. The maximum Gasteiger partial charge on any atom is 0.303 e. The van der Waals surface area contributed by atoms with E-state index in [9.17, 15) is 4.79 Å². The van der Waals surface area contributed by atoms with E-state index >= 15 is 0 Å². The quantitative estimate of drug-likeness (QED) is 0.487. The fraction of sp³-hybridized carbons (Fsp3) is 0.476. The van der Waals surface area contributed by atoms with E-state index in [4.69, 9.17) is 5.11 Å². The highest BCUT2D eigenvalue weighted by Gasteiger charge is 2.02. The van der Waals surface area contributed by atoms with E-state index in [0.717, 1.165) is 25.7 Å². The molecule has 2 nitrogen and oxygen atoms in total.